The van der Waals surface area contributed by atoms with E-state index >= 15 is 0 Å². The molecule has 1 atom stereocenters. The van der Waals surface area contributed by atoms with Crippen molar-refractivity contribution in [3.05, 3.63) is 53.8 Å². The number of nitrogens with one attached hydrogen (secondary N) is 2. The lowest BCUT2D eigenvalue weighted by Gasteiger charge is -2.15. The molecule has 0 heterocycles. The van der Waals surface area contributed by atoms with Crippen molar-refractivity contribution in [1.29, 1.82) is 0 Å². The minimum atomic E-state index is -0.823. The Bertz CT molecular complexity index is 757. The molecule has 0 aliphatic heterocycles. The van der Waals surface area contributed by atoms with Gasteiger partial charge in [0, 0.05) is 18.3 Å². The fourth-order valence-corrected chi connectivity index (χ4v) is 2.43. The van der Waals surface area contributed by atoms with Gasteiger partial charge in [0.05, 0.1) is 26.4 Å². The van der Waals surface area contributed by atoms with Crippen molar-refractivity contribution in [2.45, 2.75) is 20.0 Å². The van der Waals surface area contributed by atoms with E-state index in [0.29, 0.717) is 36.2 Å². The molecule has 6 nitrogen and oxygen atoms in total. The molecule has 0 amide bonds. The van der Waals surface area contributed by atoms with Crippen LogP contribution in [0.15, 0.2) is 47.5 Å². The molecule has 0 saturated carbocycles. The Morgan fingerprint density at radius 2 is 1.86 bits per heavy atom. The average Bonchev–Trinajstić information content (AvgIpc) is 2.68. The summed E-state index contributed by atoms with van der Waals surface area (Å²) in [7, 11) is 1.58. The van der Waals surface area contributed by atoms with Crippen molar-refractivity contribution < 1.29 is 19.0 Å². The average molecular weight is 503 g/mol. The maximum Gasteiger partial charge on any atom is 0.195 e. The van der Waals surface area contributed by atoms with E-state index in [4.69, 9.17) is 9.47 Å². The first-order valence-electron chi connectivity index (χ1n) is 8.87. The number of nitrogens with zero attached hydrogens (tertiary/aromatic N) is 1. The van der Waals surface area contributed by atoms with Crippen LogP contribution in [0.2, 0.25) is 0 Å². The number of aliphatic hydroxyl groups excluding tert-OH is 1. The summed E-state index contributed by atoms with van der Waals surface area (Å²) in [6.07, 6.45) is -0.823. The van der Waals surface area contributed by atoms with Crippen LogP contribution in [0.3, 0.4) is 0 Å². The molecule has 0 aliphatic rings. The number of halogens is 2. The van der Waals surface area contributed by atoms with Gasteiger partial charge in [-0.3, -0.25) is 0 Å². The van der Waals surface area contributed by atoms with Crippen LogP contribution in [0.4, 0.5) is 10.1 Å². The maximum atomic E-state index is 13.0. The second-order valence-corrected chi connectivity index (χ2v) is 5.71. The summed E-state index contributed by atoms with van der Waals surface area (Å²) in [6, 6.07) is 11.2. The zero-order valence-electron chi connectivity index (χ0n) is 16.2. The van der Waals surface area contributed by atoms with Gasteiger partial charge in [0.1, 0.15) is 5.82 Å². The molecule has 0 fully saturated rings. The highest BCUT2D eigenvalue weighted by atomic mass is 127. The number of guanidine groups is 1. The van der Waals surface area contributed by atoms with E-state index in [1.54, 1.807) is 19.2 Å². The molecule has 0 radical (unpaired) electrons. The molecule has 2 aromatic rings. The van der Waals surface area contributed by atoms with Crippen LogP contribution < -0.4 is 20.1 Å². The summed E-state index contributed by atoms with van der Waals surface area (Å²) in [4.78, 5) is 4.40. The molecule has 0 bridgehead atoms. The number of aliphatic hydroxyl groups is 1. The number of hydrogen-bond acceptors (Lipinski definition) is 4. The van der Waals surface area contributed by atoms with Gasteiger partial charge in [-0.15, -0.1) is 24.0 Å². The molecular weight excluding hydrogens is 476 g/mol. The molecule has 154 valence electrons. The molecule has 2 rings (SSSR count). The lowest BCUT2D eigenvalue weighted by molar-refractivity contribution is 0.187. The topological polar surface area (TPSA) is 75.1 Å². The van der Waals surface area contributed by atoms with E-state index in [9.17, 15) is 9.50 Å². The molecule has 0 aliphatic carbocycles. The number of ether oxygens (including phenoxy) is 2. The largest absolute Gasteiger partial charge is 0.493 e. The van der Waals surface area contributed by atoms with Gasteiger partial charge in [-0.1, -0.05) is 12.1 Å². The third kappa shape index (κ3) is 7.16. The first kappa shape index (κ1) is 24.0. The van der Waals surface area contributed by atoms with Gasteiger partial charge in [0.15, 0.2) is 17.5 Å². The second kappa shape index (κ2) is 12.4. The summed E-state index contributed by atoms with van der Waals surface area (Å²) < 4.78 is 23.9. The molecule has 0 saturated heterocycles. The lowest BCUT2D eigenvalue weighted by atomic mass is 10.1. The van der Waals surface area contributed by atoms with Crippen molar-refractivity contribution >= 4 is 35.6 Å². The van der Waals surface area contributed by atoms with Crippen molar-refractivity contribution in [3.63, 3.8) is 0 Å². The third-order valence-electron chi connectivity index (χ3n) is 3.75. The summed E-state index contributed by atoms with van der Waals surface area (Å²) in [5, 5.41) is 16.5. The molecule has 0 spiro atoms. The van der Waals surface area contributed by atoms with Gasteiger partial charge < -0.3 is 25.2 Å². The zero-order valence-corrected chi connectivity index (χ0v) is 18.6. The quantitative estimate of drug-likeness (QED) is 0.289. The first-order chi connectivity index (χ1) is 13.1. The van der Waals surface area contributed by atoms with Crippen LogP contribution in [0.5, 0.6) is 11.5 Å². The number of rotatable bonds is 8. The van der Waals surface area contributed by atoms with Gasteiger partial charge in [-0.2, -0.15) is 0 Å². The van der Waals surface area contributed by atoms with E-state index < -0.39 is 6.10 Å². The molecule has 1 unspecified atom stereocenters. The SMILES string of the molecule is CCNC(=NCC(O)c1ccc(F)cc1)Nc1ccc(OCC)c(OC)c1.I. The van der Waals surface area contributed by atoms with Crippen molar-refractivity contribution in [2.75, 3.05) is 32.1 Å². The highest BCUT2D eigenvalue weighted by Crippen LogP contribution is 2.30. The Morgan fingerprint density at radius 3 is 2.46 bits per heavy atom. The van der Waals surface area contributed by atoms with Gasteiger partial charge in [0.2, 0.25) is 0 Å². The summed E-state index contributed by atoms with van der Waals surface area (Å²) in [5.41, 5.74) is 1.38. The number of hydrogen-bond donors (Lipinski definition) is 3. The standard InChI is InChI=1S/C20H26FN3O3.HI/c1-4-22-20(23-13-17(25)14-6-8-15(21)9-7-14)24-16-10-11-18(27-5-2)19(12-16)26-3;/h6-12,17,25H,4-5,13H2,1-3H3,(H2,22,23,24);1H. The van der Waals surface area contributed by atoms with E-state index in [1.807, 2.05) is 32.0 Å². The molecular formula is C20H27FIN3O3. The monoisotopic (exact) mass is 503 g/mol. The van der Waals surface area contributed by atoms with Gasteiger partial charge in [-0.05, 0) is 43.7 Å². The highest BCUT2D eigenvalue weighted by Gasteiger charge is 2.09. The maximum absolute atomic E-state index is 13.0. The molecule has 0 aromatic heterocycles. The van der Waals surface area contributed by atoms with Crippen molar-refractivity contribution in [3.8, 4) is 11.5 Å². The Labute approximate surface area is 182 Å². The van der Waals surface area contributed by atoms with Crippen LogP contribution in [0.25, 0.3) is 0 Å². The van der Waals surface area contributed by atoms with Gasteiger partial charge in [-0.25, -0.2) is 9.38 Å². The van der Waals surface area contributed by atoms with Gasteiger partial charge in [0.25, 0.3) is 0 Å². The van der Waals surface area contributed by atoms with Crippen LogP contribution in [0, 0.1) is 5.82 Å². The summed E-state index contributed by atoms with van der Waals surface area (Å²) in [5.74, 6) is 1.46. The zero-order chi connectivity index (χ0) is 19.6. The van der Waals surface area contributed by atoms with E-state index in [2.05, 4.69) is 15.6 Å². The highest BCUT2D eigenvalue weighted by molar-refractivity contribution is 14.0. The minimum absolute atomic E-state index is 0. The number of methoxy groups -OCH3 is 1. The number of aliphatic imine (C=N–C) groups is 1. The molecule has 2 aromatic carbocycles. The smallest absolute Gasteiger partial charge is 0.195 e. The minimum Gasteiger partial charge on any atom is -0.493 e. The molecule has 28 heavy (non-hydrogen) atoms. The van der Waals surface area contributed by atoms with Crippen LogP contribution in [-0.4, -0.2) is 37.9 Å². The molecule has 8 heteroatoms. The Hall–Kier alpha value is -2.07. The molecule has 3 N–H and O–H groups in total. The Balaban J connectivity index is 0.00000392. The van der Waals surface area contributed by atoms with Crippen LogP contribution in [-0.2, 0) is 0 Å². The summed E-state index contributed by atoms with van der Waals surface area (Å²) >= 11 is 0. The third-order valence-corrected chi connectivity index (χ3v) is 3.75. The second-order valence-electron chi connectivity index (χ2n) is 5.71. The predicted octanol–water partition coefficient (Wildman–Crippen LogP) is 3.96. The fourth-order valence-electron chi connectivity index (χ4n) is 2.43. The van der Waals surface area contributed by atoms with Crippen LogP contribution >= 0.6 is 24.0 Å². The van der Waals surface area contributed by atoms with E-state index in [1.165, 1.54) is 12.1 Å². The fraction of sp³-hybridized carbons (Fsp3) is 0.350. The first-order valence-corrected chi connectivity index (χ1v) is 8.87. The number of benzene rings is 2. The summed E-state index contributed by atoms with van der Waals surface area (Å²) in [6.45, 7) is 5.20. The predicted molar refractivity (Wildman–Crippen MR) is 121 cm³/mol. The lowest BCUT2D eigenvalue weighted by Crippen LogP contribution is -2.31. The Morgan fingerprint density at radius 1 is 1.14 bits per heavy atom. The number of anilines is 1. The van der Waals surface area contributed by atoms with Crippen molar-refractivity contribution in [1.82, 2.24) is 5.32 Å². The van der Waals surface area contributed by atoms with Crippen molar-refractivity contribution in [2.24, 2.45) is 4.99 Å². The Kier molecular flexibility index (Phi) is 10.6. The normalized spacial score (nSPS) is 12.0. The van der Waals surface area contributed by atoms with Gasteiger partial charge >= 0.3 is 0 Å². The van der Waals surface area contributed by atoms with E-state index in [-0.39, 0.29) is 36.3 Å². The van der Waals surface area contributed by atoms with E-state index in [0.717, 1.165) is 5.69 Å². The van der Waals surface area contributed by atoms with Crippen LogP contribution in [0.1, 0.15) is 25.5 Å².